The first-order chi connectivity index (χ1) is 15.5. The number of nitrogen functional groups attached to an aromatic ring is 1. The molecular weight excluding hydrogens is 442 g/mol. The van der Waals surface area contributed by atoms with Crippen LogP contribution < -0.4 is 5.73 Å². The number of rotatable bonds is 9. The molecule has 2 aromatic heterocycles. The van der Waals surface area contributed by atoms with E-state index in [1.54, 1.807) is 48.4 Å². The summed E-state index contributed by atoms with van der Waals surface area (Å²) in [6.45, 7) is 2.58. The second-order valence-corrected chi connectivity index (χ2v) is 10.5. The SMILES string of the molecule is CCCCSc1nc(N)c2ncn(Cc3ccccc3CS(=O)(=O)c3ccccc3)c2n1. The third-order valence-electron chi connectivity index (χ3n) is 5.11. The van der Waals surface area contributed by atoms with Crippen molar-refractivity contribution in [2.24, 2.45) is 0 Å². The molecule has 0 saturated heterocycles. The number of nitrogens with zero attached hydrogens (tertiary/aromatic N) is 4. The Balaban J connectivity index is 1.64. The number of anilines is 1. The van der Waals surface area contributed by atoms with Crippen molar-refractivity contribution in [1.29, 1.82) is 0 Å². The smallest absolute Gasteiger partial charge is 0.191 e. The van der Waals surface area contributed by atoms with Gasteiger partial charge in [-0.1, -0.05) is 67.6 Å². The number of imidazole rings is 1. The van der Waals surface area contributed by atoms with Crippen LogP contribution in [-0.2, 0) is 22.1 Å². The first kappa shape index (κ1) is 22.3. The summed E-state index contributed by atoms with van der Waals surface area (Å²) in [5.74, 6) is 1.21. The lowest BCUT2D eigenvalue weighted by atomic mass is 10.1. The molecule has 0 saturated carbocycles. The maximum Gasteiger partial charge on any atom is 0.191 e. The zero-order chi connectivity index (χ0) is 22.6. The fourth-order valence-corrected chi connectivity index (χ4v) is 5.74. The summed E-state index contributed by atoms with van der Waals surface area (Å²) in [4.78, 5) is 13.7. The predicted octanol–water partition coefficient (Wildman–Crippen LogP) is 4.32. The molecule has 0 spiro atoms. The van der Waals surface area contributed by atoms with Crippen LogP contribution in [0.5, 0.6) is 0 Å². The minimum atomic E-state index is -3.46. The van der Waals surface area contributed by atoms with Gasteiger partial charge in [0.2, 0.25) is 0 Å². The Morgan fingerprint density at radius 2 is 1.72 bits per heavy atom. The van der Waals surface area contributed by atoms with Gasteiger partial charge in [-0.2, -0.15) is 0 Å². The van der Waals surface area contributed by atoms with E-state index in [4.69, 9.17) is 5.73 Å². The van der Waals surface area contributed by atoms with E-state index in [1.807, 2.05) is 28.8 Å². The molecule has 0 aliphatic carbocycles. The number of unbranched alkanes of at least 4 members (excludes halogenated alkanes) is 1. The van der Waals surface area contributed by atoms with Crippen LogP contribution in [0.25, 0.3) is 11.2 Å². The molecule has 0 bridgehead atoms. The molecule has 4 rings (SSSR count). The highest BCUT2D eigenvalue weighted by Crippen LogP contribution is 2.24. The van der Waals surface area contributed by atoms with Crippen molar-refractivity contribution >= 4 is 38.6 Å². The predicted molar refractivity (Wildman–Crippen MR) is 128 cm³/mol. The fourth-order valence-electron chi connectivity index (χ4n) is 3.39. The molecule has 7 nitrogen and oxygen atoms in total. The molecular formula is C23H25N5O2S2. The zero-order valence-electron chi connectivity index (χ0n) is 17.8. The number of hydrogen-bond donors (Lipinski definition) is 1. The molecule has 0 aliphatic rings. The number of fused-ring (bicyclic) bond motifs is 1. The van der Waals surface area contributed by atoms with Crippen molar-refractivity contribution in [3.63, 3.8) is 0 Å². The Bertz CT molecular complexity index is 1320. The van der Waals surface area contributed by atoms with Crippen molar-refractivity contribution < 1.29 is 8.42 Å². The lowest BCUT2D eigenvalue weighted by Crippen LogP contribution is -2.09. The van der Waals surface area contributed by atoms with Crippen LogP contribution in [0, 0.1) is 0 Å². The Hall–Kier alpha value is -2.91. The van der Waals surface area contributed by atoms with Crippen LogP contribution in [-0.4, -0.2) is 33.7 Å². The minimum absolute atomic E-state index is 0.0743. The Morgan fingerprint density at radius 3 is 2.47 bits per heavy atom. The highest BCUT2D eigenvalue weighted by molar-refractivity contribution is 7.99. The average molecular weight is 468 g/mol. The van der Waals surface area contributed by atoms with Gasteiger partial charge in [-0.3, -0.25) is 0 Å². The summed E-state index contributed by atoms with van der Waals surface area (Å²) >= 11 is 1.58. The van der Waals surface area contributed by atoms with E-state index in [0.29, 0.717) is 33.6 Å². The van der Waals surface area contributed by atoms with Crippen LogP contribution in [0.3, 0.4) is 0 Å². The molecule has 0 fully saturated rings. The highest BCUT2D eigenvalue weighted by Gasteiger charge is 2.18. The van der Waals surface area contributed by atoms with Crippen molar-refractivity contribution in [2.45, 2.75) is 42.1 Å². The maximum absolute atomic E-state index is 12.9. The Kier molecular flexibility index (Phi) is 6.76. The molecule has 0 aliphatic heterocycles. The van der Waals surface area contributed by atoms with Crippen LogP contribution in [0.1, 0.15) is 30.9 Å². The van der Waals surface area contributed by atoms with Gasteiger partial charge in [0.15, 0.2) is 26.5 Å². The molecule has 9 heteroatoms. The largest absolute Gasteiger partial charge is 0.382 e. The average Bonchev–Trinajstić information content (AvgIpc) is 3.19. The molecule has 0 atom stereocenters. The molecule has 166 valence electrons. The van der Waals surface area contributed by atoms with Gasteiger partial charge in [-0.05, 0) is 29.7 Å². The number of nitrogens with two attached hydrogens (primary N) is 1. The van der Waals surface area contributed by atoms with E-state index < -0.39 is 9.84 Å². The minimum Gasteiger partial charge on any atom is -0.382 e. The monoisotopic (exact) mass is 467 g/mol. The number of benzene rings is 2. The van der Waals surface area contributed by atoms with Crippen molar-refractivity contribution in [3.05, 3.63) is 72.1 Å². The Labute approximate surface area is 192 Å². The number of thioether (sulfide) groups is 1. The molecule has 2 aromatic carbocycles. The summed E-state index contributed by atoms with van der Waals surface area (Å²) in [6.07, 6.45) is 3.86. The van der Waals surface area contributed by atoms with E-state index in [9.17, 15) is 8.42 Å². The third kappa shape index (κ3) is 4.94. The van der Waals surface area contributed by atoms with Crippen LogP contribution in [0.4, 0.5) is 5.82 Å². The Morgan fingerprint density at radius 1 is 1.00 bits per heavy atom. The fraction of sp³-hybridized carbons (Fsp3) is 0.261. The van der Waals surface area contributed by atoms with Crippen LogP contribution >= 0.6 is 11.8 Å². The van der Waals surface area contributed by atoms with Crippen LogP contribution in [0.15, 0.2) is 71.0 Å². The molecule has 0 unspecified atom stereocenters. The summed E-state index contributed by atoms with van der Waals surface area (Å²) in [7, 11) is -3.46. The van der Waals surface area contributed by atoms with E-state index in [1.165, 1.54) is 0 Å². The highest BCUT2D eigenvalue weighted by atomic mass is 32.2. The van der Waals surface area contributed by atoms with Gasteiger partial charge in [0.25, 0.3) is 0 Å². The standard InChI is InChI=1S/C23H25N5O2S2/c1-2-3-13-31-23-26-21(24)20-22(27-23)28(16-25-20)14-17-9-7-8-10-18(17)15-32(29,30)19-11-5-4-6-12-19/h4-12,16H,2-3,13-15H2,1H3,(H2,24,26,27). The number of aromatic nitrogens is 4. The molecule has 4 aromatic rings. The van der Waals surface area contributed by atoms with Crippen molar-refractivity contribution in [2.75, 3.05) is 11.5 Å². The van der Waals surface area contributed by atoms with Gasteiger partial charge in [-0.25, -0.2) is 23.4 Å². The first-order valence-corrected chi connectivity index (χ1v) is 13.1. The van der Waals surface area contributed by atoms with Crippen molar-refractivity contribution in [3.8, 4) is 0 Å². The summed E-state index contributed by atoms with van der Waals surface area (Å²) in [5.41, 5.74) is 8.97. The van der Waals surface area contributed by atoms with Gasteiger partial charge < -0.3 is 10.3 Å². The topological polar surface area (TPSA) is 104 Å². The lowest BCUT2D eigenvalue weighted by Gasteiger charge is -2.12. The second-order valence-electron chi connectivity index (χ2n) is 7.48. The molecule has 2 heterocycles. The van der Waals surface area contributed by atoms with Crippen LogP contribution in [0.2, 0.25) is 0 Å². The zero-order valence-corrected chi connectivity index (χ0v) is 19.4. The van der Waals surface area contributed by atoms with Crippen molar-refractivity contribution in [1.82, 2.24) is 19.5 Å². The van der Waals surface area contributed by atoms with Gasteiger partial charge in [0.1, 0.15) is 5.52 Å². The van der Waals surface area contributed by atoms with E-state index in [0.717, 1.165) is 29.7 Å². The summed E-state index contributed by atoms with van der Waals surface area (Å²) < 4.78 is 27.7. The second kappa shape index (κ2) is 9.70. The van der Waals surface area contributed by atoms with Gasteiger partial charge in [0, 0.05) is 5.75 Å². The van der Waals surface area contributed by atoms with Gasteiger partial charge in [0.05, 0.1) is 23.5 Å². The van der Waals surface area contributed by atoms with E-state index >= 15 is 0 Å². The van der Waals surface area contributed by atoms with E-state index in [2.05, 4.69) is 21.9 Å². The molecule has 32 heavy (non-hydrogen) atoms. The number of hydrogen-bond acceptors (Lipinski definition) is 7. The van der Waals surface area contributed by atoms with Gasteiger partial charge >= 0.3 is 0 Å². The quantitative estimate of drug-likeness (QED) is 0.222. The number of sulfone groups is 1. The third-order valence-corrected chi connectivity index (χ3v) is 7.72. The molecule has 2 N–H and O–H groups in total. The van der Waals surface area contributed by atoms with Gasteiger partial charge in [-0.15, -0.1) is 0 Å². The first-order valence-electron chi connectivity index (χ1n) is 10.4. The molecule has 0 amide bonds. The lowest BCUT2D eigenvalue weighted by molar-refractivity contribution is 0.595. The maximum atomic E-state index is 12.9. The van der Waals surface area contributed by atoms with E-state index in [-0.39, 0.29) is 5.75 Å². The normalized spacial score (nSPS) is 11.8. The summed E-state index contributed by atoms with van der Waals surface area (Å²) in [5, 5.41) is 0.630. The summed E-state index contributed by atoms with van der Waals surface area (Å²) in [6, 6.07) is 16.1. The molecule has 0 radical (unpaired) electrons.